The molecule has 3 nitrogen and oxygen atoms in total. The van der Waals surface area contributed by atoms with E-state index in [9.17, 15) is 0 Å². The van der Waals surface area contributed by atoms with Crippen molar-refractivity contribution in [2.24, 2.45) is 5.92 Å². The van der Waals surface area contributed by atoms with E-state index in [1.165, 1.54) is 49.8 Å². The molecule has 70 valence electrons. The van der Waals surface area contributed by atoms with Crippen LogP contribution < -0.4 is 0 Å². The first-order valence-corrected chi connectivity index (χ1v) is 5.68. The minimum absolute atomic E-state index is 0.581. The zero-order valence-electron chi connectivity index (χ0n) is 7.52. The van der Waals surface area contributed by atoms with Crippen LogP contribution in [-0.4, -0.2) is 26.7 Å². The summed E-state index contributed by atoms with van der Waals surface area (Å²) in [6, 6.07) is 0.581. The average molecular weight is 195 g/mol. The van der Waals surface area contributed by atoms with Crippen LogP contribution in [0, 0.1) is 5.92 Å². The van der Waals surface area contributed by atoms with Crippen molar-refractivity contribution in [3.63, 3.8) is 0 Å². The van der Waals surface area contributed by atoms with Crippen LogP contribution in [-0.2, 0) is 0 Å². The van der Waals surface area contributed by atoms with Gasteiger partial charge >= 0.3 is 0 Å². The van der Waals surface area contributed by atoms with Gasteiger partial charge in [-0.2, -0.15) is 8.75 Å². The second kappa shape index (κ2) is 3.03. The van der Waals surface area contributed by atoms with Crippen molar-refractivity contribution in [3.05, 3.63) is 11.9 Å². The summed E-state index contributed by atoms with van der Waals surface area (Å²) in [7, 11) is 0. The lowest BCUT2D eigenvalue weighted by atomic mass is 9.95. The van der Waals surface area contributed by atoms with Crippen LogP contribution in [0.2, 0.25) is 0 Å². The van der Waals surface area contributed by atoms with Gasteiger partial charge in [0.1, 0.15) is 0 Å². The third-order valence-electron chi connectivity index (χ3n) is 3.33. The van der Waals surface area contributed by atoms with Crippen molar-refractivity contribution in [1.82, 2.24) is 13.6 Å². The van der Waals surface area contributed by atoms with Gasteiger partial charge in [-0.05, 0) is 31.7 Å². The highest BCUT2D eigenvalue weighted by Crippen LogP contribution is 2.38. The molecule has 2 saturated heterocycles. The number of hydrogen-bond acceptors (Lipinski definition) is 4. The van der Waals surface area contributed by atoms with Gasteiger partial charge in [0.05, 0.1) is 29.7 Å². The topological polar surface area (TPSA) is 29.0 Å². The predicted molar refractivity (Wildman–Crippen MR) is 51.6 cm³/mol. The smallest absolute Gasteiger partial charge is 0.0914 e. The van der Waals surface area contributed by atoms with Crippen LogP contribution in [0.25, 0.3) is 0 Å². The summed E-state index contributed by atoms with van der Waals surface area (Å²) < 4.78 is 8.43. The van der Waals surface area contributed by atoms with Crippen LogP contribution in [0.1, 0.15) is 31.0 Å². The molecule has 2 bridgehead atoms. The number of rotatable bonds is 1. The Labute approximate surface area is 82.1 Å². The molecular weight excluding hydrogens is 182 g/mol. The van der Waals surface area contributed by atoms with E-state index in [0.717, 1.165) is 5.92 Å². The number of nitrogens with zero attached hydrogens (tertiary/aromatic N) is 3. The van der Waals surface area contributed by atoms with Gasteiger partial charge < -0.3 is 0 Å². The lowest BCUT2D eigenvalue weighted by Crippen LogP contribution is -2.30. The Balaban J connectivity index is 1.84. The summed E-state index contributed by atoms with van der Waals surface area (Å²) in [6.45, 7) is 2.56. The highest BCUT2D eigenvalue weighted by Gasteiger charge is 2.35. The Kier molecular flexibility index (Phi) is 1.84. The summed E-state index contributed by atoms with van der Waals surface area (Å²) >= 11 is 1.33. The van der Waals surface area contributed by atoms with Crippen LogP contribution in [0.4, 0.5) is 0 Å². The van der Waals surface area contributed by atoms with E-state index < -0.39 is 0 Å². The fourth-order valence-corrected chi connectivity index (χ4v) is 3.08. The first-order valence-electron chi connectivity index (χ1n) is 4.95. The van der Waals surface area contributed by atoms with E-state index >= 15 is 0 Å². The Bertz CT molecular complexity index is 285. The highest BCUT2D eigenvalue weighted by atomic mass is 32.1. The molecule has 0 aliphatic carbocycles. The summed E-state index contributed by atoms with van der Waals surface area (Å²) in [5.74, 6) is 0.975. The van der Waals surface area contributed by atoms with Gasteiger partial charge in [0.15, 0.2) is 0 Å². The quantitative estimate of drug-likeness (QED) is 0.683. The number of piperidine rings is 1. The summed E-state index contributed by atoms with van der Waals surface area (Å²) in [4.78, 5) is 2.57. The lowest BCUT2D eigenvalue weighted by Gasteiger charge is -2.30. The number of aromatic nitrogens is 2. The molecule has 2 aliphatic rings. The van der Waals surface area contributed by atoms with E-state index in [1.54, 1.807) is 0 Å². The molecule has 0 radical (unpaired) electrons. The minimum atomic E-state index is 0.581. The molecule has 2 fully saturated rings. The van der Waals surface area contributed by atoms with Crippen molar-refractivity contribution in [3.8, 4) is 0 Å². The molecule has 1 aromatic rings. The Morgan fingerprint density at radius 3 is 3.23 bits per heavy atom. The van der Waals surface area contributed by atoms with E-state index in [2.05, 4.69) is 13.6 Å². The molecule has 0 amide bonds. The Morgan fingerprint density at radius 2 is 2.38 bits per heavy atom. The normalized spacial score (nSPS) is 38.0. The standard InChI is InChI=1S/C9H13N3S/c1-2-9(8-5-10-13-11-8)12-4-3-7(1)6-12/h5,7,9H,1-4,6H2. The lowest BCUT2D eigenvalue weighted by molar-refractivity contribution is 0.180. The number of fused-ring (bicyclic) bond motifs is 2. The van der Waals surface area contributed by atoms with Crippen molar-refractivity contribution in [2.45, 2.75) is 25.3 Å². The maximum absolute atomic E-state index is 4.35. The molecular formula is C9H13N3S. The second-order valence-electron chi connectivity index (χ2n) is 4.08. The van der Waals surface area contributed by atoms with Gasteiger partial charge in [-0.25, -0.2) is 0 Å². The summed E-state index contributed by atoms with van der Waals surface area (Å²) in [5, 5.41) is 0. The van der Waals surface area contributed by atoms with Gasteiger partial charge in [0.2, 0.25) is 0 Å². The molecule has 3 unspecified atom stereocenters. The zero-order chi connectivity index (χ0) is 8.67. The van der Waals surface area contributed by atoms with Crippen molar-refractivity contribution in [1.29, 1.82) is 0 Å². The first kappa shape index (κ1) is 7.88. The van der Waals surface area contributed by atoms with Gasteiger partial charge in [-0.3, -0.25) is 4.90 Å². The molecule has 3 atom stereocenters. The van der Waals surface area contributed by atoms with Gasteiger partial charge in [-0.1, -0.05) is 0 Å². The van der Waals surface area contributed by atoms with Gasteiger partial charge in [-0.15, -0.1) is 0 Å². The Morgan fingerprint density at radius 1 is 1.38 bits per heavy atom. The average Bonchev–Trinajstić information content (AvgIpc) is 2.77. The fraction of sp³-hybridized carbons (Fsp3) is 0.778. The van der Waals surface area contributed by atoms with Crippen molar-refractivity contribution < 1.29 is 0 Å². The predicted octanol–water partition coefficient (Wildman–Crippen LogP) is 1.69. The van der Waals surface area contributed by atoms with E-state index in [0.29, 0.717) is 6.04 Å². The third-order valence-corrected chi connectivity index (χ3v) is 3.82. The second-order valence-corrected chi connectivity index (χ2v) is 4.63. The number of hydrogen-bond donors (Lipinski definition) is 0. The fourth-order valence-electron chi connectivity index (χ4n) is 2.61. The zero-order valence-corrected chi connectivity index (χ0v) is 8.33. The monoisotopic (exact) mass is 195 g/mol. The molecule has 3 heterocycles. The molecule has 2 aliphatic heterocycles. The van der Waals surface area contributed by atoms with Gasteiger partial charge in [0.25, 0.3) is 0 Å². The molecule has 4 heteroatoms. The highest BCUT2D eigenvalue weighted by molar-refractivity contribution is 6.99. The molecule has 0 spiro atoms. The van der Waals surface area contributed by atoms with Crippen LogP contribution >= 0.6 is 11.7 Å². The molecule has 0 aromatic carbocycles. The third kappa shape index (κ3) is 1.28. The maximum atomic E-state index is 4.35. The maximum Gasteiger partial charge on any atom is 0.0914 e. The van der Waals surface area contributed by atoms with E-state index in [1.807, 2.05) is 6.20 Å². The largest absolute Gasteiger partial charge is 0.294 e. The Hall–Kier alpha value is -0.480. The molecule has 0 saturated carbocycles. The minimum Gasteiger partial charge on any atom is -0.294 e. The summed E-state index contributed by atoms with van der Waals surface area (Å²) in [5.41, 5.74) is 1.20. The van der Waals surface area contributed by atoms with Crippen LogP contribution in [0.3, 0.4) is 0 Å². The van der Waals surface area contributed by atoms with Crippen LogP contribution in [0.5, 0.6) is 0 Å². The molecule has 13 heavy (non-hydrogen) atoms. The van der Waals surface area contributed by atoms with Gasteiger partial charge in [0, 0.05) is 6.54 Å². The first-order chi connectivity index (χ1) is 6.43. The van der Waals surface area contributed by atoms with E-state index in [-0.39, 0.29) is 0 Å². The van der Waals surface area contributed by atoms with Crippen LogP contribution in [0.15, 0.2) is 6.20 Å². The SMILES string of the molecule is c1nsnc1C1CCC2CCN1C2. The van der Waals surface area contributed by atoms with E-state index in [4.69, 9.17) is 0 Å². The molecule has 3 rings (SSSR count). The molecule has 1 aromatic heterocycles. The van der Waals surface area contributed by atoms with Crippen molar-refractivity contribution >= 4 is 11.7 Å². The summed E-state index contributed by atoms with van der Waals surface area (Å²) in [6.07, 6.45) is 6.01. The molecule has 0 N–H and O–H groups in total. The van der Waals surface area contributed by atoms with Crippen molar-refractivity contribution in [2.75, 3.05) is 13.1 Å².